The third kappa shape index (κ3) is 5.95. The molecule has 0 aliphatic carbocycles. The van der Waals surface area contributed by atoms with Crippen molar-refractivity contribution >= 4 is 40.7 Å². The lowest BCUT2D eigenvalue weighted by Crippen LogP contribution is -2.15. The maximum atomic E-state index is 12.4. The highest BCUT2D eigenvalue weighted by atomic mass is 32.2. The Morgan fingerprint density at radius 2 is 1.94 bits per heavy atom. The normalized spacial score (nSPS) is 10.8. The molecule has 7 nitrogen and oxygen atoms in total. The van der Waals surface area contributed by atoms with Gasteiger partial charge in [-0.25, -0.2) is 4.79 Å². The molecule has 0 fully saturated rings. The van der Waals surface area contributed by atoms with Gasteiger partial charge in [-0.3, -0.25) is 4.79 Å². The number of hydrogen-bond acceptors (Lipinski definition) is 7. The third-order valence-corrected chi connectivity index (χ3v) is 6.42. The Labute approximate surface area is 190 Å². The molecule has 3 aromatic rings. The summed E-state index contributed by atoms with van der Waals surface area (Å²) in [5.41, 5.74) is 2.15. The zero-order valence-electron chi connectivity index (χ0n) is 17.9. The Hall–Kier alpha value is -2.65. The second-order valence-corrected chi connectivity index (χ2v) is 8.68. The van der Waals surface area contributed by atoms with Crippen LogP contribution in [0.4, 0.5) is 5.69 Å². The van der Waals surface area contributed by atoms with Crippen LogP contribution < -0.4 is 5.32 Å². The van der Waals surface area contributed by atoms with Gasteiger partial charge in [0.1, 0.15) is 0 Å². The van der Waals surface area contributed by atoms with Crippen LogP contribution in [0.25, 0.3) is 11.4 Å². The van der Waals surface area contributed by atoms with Gasteiger partial charge >= 0.3 is 5.97 Å². The maximum Gasteiger partial charge on any atom is 0.338 e. The maximum absolute atomic E-state index is 12.4. The molecule has 0 bridgehead atoms. The van der Waals surface area contributed by atoms with Crippen LogP contribution in [0.2, 0.25) is 0 Å². The van der Waals surface area contributed by atoms with Gasteiger partial charge in [-0.1, -0.05) is 25.1 Å². The molecule has 1 amide bonds. The highest BCUT2D eigenvalue weighted by Gasteiger charge is 2.16. The van der Waals surface area contributed by atoms with Crippen LogP contribution in [0, 0.1) is 0 Å². The summed E-state index contributed by atoms with van der Waals surface area (Å²) in [7, 11) is 0. The molecule has 164 valence electrons. The number of aromatic nitrogens is 3. The fourth-order valence-electron chi connectivity index (χ4n) is 3.00. The number of amides is 1. The van der Waals surface area contributed by atoms with E-state index in [1.54, 1.807) is 42.5 Å². The standard InChI is InChI=1S/C22H26N4O3S2/c1-4-7-18-12-16(13-30-18)20-24-25-22(26(20)5-2)31-14-19(27)23-17-10-8-15(9-11-17)21(28)29-6-3/h8-13H,4-7,14H2,1-3H3,(H,23,27). The van der Waals surface area contributed by atoms with Crippen LogP contribution in [0.5, 0.6) is 0 Å². The van der Waals surface area contributed by atoms with Crippen molar-refractivity contribution in [3.05, 3.63) is 46.2 Å². The van der Waals surface area contributed by atoms with Crippen LogP contribution in [-0.4, -0.2) is 39.0 Å². The highest BCUT2D eigenvalue weighted by molar-refractivity contribution is 7.99. The van der Waals surface area contributed by atoms with E-state index in [1.807, 2.05) is 11.5 Å². The average molecular weight is 459 g/mol. The number of carbonyl (C=O) groups is 2. The van der Waals surface area contributed by atoms with Gasteiger partial charge in [0.05, 0.1) is 17.9 Å². The van der Waals surface area contributed by atoms with Gasteiger partial charge in [0, 0.05) is 28.1 Å². The summed E-state index contributed by atoms with van der Waals surface area (Å²) in [6.07, 6.45) is 2.18. The van der Waals surface area contributed by atoms with E-state index in [2.05, 4.69) is 33.9 Å². The Morgan fingerprint density at radius 1 is 1.16 bits per heavy atom. The van der Waals surface area contributed by atoms with Gasteiger partial charge in [0.2, 0.25) is 5.91 Å². The number of rotatable bonds is 10. The lowest BCUT2D eigenvalue weighted by atomic mass is 10.2. The van der Waals surface area contributed by atoms with E-state index in [0.717, 1.165) is 30.8 Å². The second-order valence-electron chi connectivity index (χ2n) is 6.74. The van der Waals surface area contributed by atoms with Crippen molar-refractivity contribution in [2.45, 2.75) is 45.3 Å². The Morgan fingerprint density at radius 3 is 2.61 bits per heavy atom. The molecule has 1 N–H and O–H groups in total. The van der Waals surface area contributed by atoms with Gasteiger partial charge in [-0.15, -0.1) is 21.5 Å². The molecule has 0 saturated carbocycles. The highest BCUT2D eigenvalue weighted by Crippen LogP contribution is 2.28. The van der Waals surface area contributed by atoms with Crippen LogP contribution >= 0.6 is 23.1 Å². The topological polar surface area (TPSA) is 86.1 Å². The molecule has 2 heterocycles. The number of aryl methyl sites for hydroxylation is 1. The summed E-state index contributed by atoms with van der Waals surface area (Å²) in [5, 5.41) is 14.3. The van der Waals surface area contributed by atoms with Crippen LogP contribution in [0.3, 0.4) is 0 Å². The summed E-state index contributed by atoms with van der Waals surface area (Å²) in [5.74, 6) is 0.515. The predicted molar refractivity (Wildman–Crippen MR) is 125 cm³/mol. The monoisotopic (exact) mass is 458 g/mol. The summed E-state index contributed by atoms with van der Waals surface area (Å²) >= 11 is 3.09. The lowest BCUT2D eigenvalue weighted by molar-refractivity contribution is -0.113. The minimum Gasteiger partial charge on any atom is -0.462 e. The molecule has 0 radical (unpaired) electrons. The van der Waals surface area contributed by atoms with E-state index in [-0.39, 0.29) is 17.6 Å². The average Bonchev–Trinajstić information content (AvgIpc) is 3.39. The van der Waals surface area contributed by atoms with Crippen molar-refractivity contribution in [3.8, 4) is 11.4 Å². The molecule has 1 aromatic carbocycles. The lowest BCUT2D eigenvalue weighted by Gasteiger charge is -2.08. The van der Waals surface area contributed by atoms with Gasteiger partial charge in [0.15, 0.2) is 11.0 Å². The number of thioether (sulfide) groups is 1. The number of carbonyl (C=O) groups excluding carboxylic acids is 2. The summed E-state index contributed by atoms with van der Waals surface area (Å²) < 4.78 is 6.99. The summed E-state index contributed by atoms with van der Waals surface area (Å²) in [6.45, 7) is 7.02. The van der Waals surface area contributed by atoms with Gasteiger partial charge in [-0.2, -0.15) is 0 Å². The zero-order chi connectivity index (χ0) is 22.2. The Bertz CT molecular complexity index is 1030. The number of hydrogen-bond donors (Lipinski definition) is 1. The molecule has 0 saturated heterocycles. The SMILES string of the molecule is CCCc1cc(-c2nnc(SCC(=O)Nc3ccc(C(=O)OCC)cc3)n2CC)cs1. The van der Waals surface area contributed by atoms with Crippen molar-refractivity contribution in [1.29, 1.82) is 0 Å². The minimum atomic E-state index is -0.377. The quantitative estimate of drug-likeness (QED) is 0.344. The zero-order valence-corrected chi connectivity index (χ0v) is 19.5. The van der Waals surface area contributed by atoms with E-state index in [1.165, 1.54) is 16.6 Å². The molecule has 9 heteroatoms. The van der Waals surface area contributed by atoms with Gasteiger partial charge in [0.25, 0.3) is 0 Å². The van der Waals surface area contributed by atoms with E-state index in [0.29, 0.717) is 23.0 Å². The van der Waals surface area contributed by atoms with Crippen molar-refractivity contribution < 1.29 is 14.3 Å². The van der Waals surface area contributed by atoms with Gasteiger partial charge < -0.3 is 14.6 Å². The summed E-state index contributed by atoms with van der Waals surface area (Å²) in [6, 6.07) is 8.81. The minimum absolute atomic E-state index is 0.151. The molecular weight excluding hydrogens is 432 g/mol. The first-order valence-electron chi connectivity index (χ1n) is 10.3. The molecule has 31 heavy (non-hydrogen) atoms. The summed E-state index contributed by atoms with van der Waals surface area (Å²) in [4.78, 5) is 25.4. The van der Waals surface area contributed by atoms with Crippen LogP contribution in [0.1, 0.15) is 42.4 Å². The smallest absolute Gasteiger partial charge is 0.338 e. The van der Waals surface area contributed by atoms with E-state index >= 15 is 0 Å². The number of nitrogens with zero attached hydrogens (tertiary/aromatic N) is 3. The Balaban J connectivity index is 1.60. The number of ether oxygens (including phenoxy) is 1. The van der Waals surface area contributed by atoms with Crippen LogP contribution in [0.15, 0.2) is 40.9 Å². The predicted octanol–water partition coefficient (Wildman–Crippen LogP) is 4.89. The number of benzene rings is 1. The first-order chi connectivity index (χ1) is 15.0. The fraction of sp³-hybridized carbons (Fsp3) is 0.364. The van der Waals surface area contributed by atoms with E-state index in [4.69, 9.17) is 4.74 Å². The first-order valence-corrected chi connectivity index (χ1v) is 12.1. The molecule has 0 spiro atoms. The number of nitrogens with one attached hydrogen (secondary N) is 1. The van der Waals surface area contributed by atoms with Gasteiger partial charge in [-0.05, 0) is 50.6 Å². The fourth-order valence-corrected chi connectivity index (χ4v) is 4.77. The first kappa shape index (κ1) is 23.0. The number of esters is 1. The molecule has 0 aliphatic heterocycles. The molecule has 0 unspecified atom stereocenters. The third-order valence-electron chi connectivity index (χ3n) is 4.45. The second kappa shape index (κ2) is 11.1. The van der Waals surface area contributed by atoms with Crippen molar-refractivity contribution in [2.24, 2.45) is 0 Å². The molecule has 2 aromatic heterocycles. The number of thiophene rings is 1. The molecular formula is C22H26N4O3S2. The largest absolute Gasteiger partial charge is 0.462 e. The molecule has 3 rings (SSSR count). The molecule has 0 aliphatic rings. The van der Waals surface area contributed by atoms with Crippen molar-refractivity contribution in [3.63, 3.8) is 0 Å². The number of anilines is 1. The van der Waals surface area contributed by atoms with E-state index in [9.17, 15) is 9.59 Å². The van der Waals surface area contributed by atoms with Crippen molar-refractivity contribution in [1.82, 2.24) is 14.8 Å². The molecule has 0 atom stereocenters. The Kier molecular flexibility index (Phi) is 8.25. The van der Waals surface area contributed by atoms with E-state index < -0.39 is 0 Å². The van der Waals surface area contributed by atoms with Crippen molar-refractivity contribution in [2.75, 3.05) is 17.7 Å². The van der Waals surface area contributed by atoms with Crippen LogP contribution in [-0.2, 0) is 22.5 Å².